The minimum absolute atomic E-state index is 0.418. The van der Waals surface area contributed by atoms with Crippen LogP contribution in [-0.2, 0) is 6.54 Å². The summed E-state index contributed by atoms with van der Waals surface area (Å²) in [4.78, 5) is 4.84. The van der Waals surface area contributed by atoms with Crippen LogP contribution in [0.1, 0.15) is 17.5 Å². The van der Waals surface area contributed by atoms with Crippen molar-refractivity contribution in [2.24, 2.45) is 5.73 Å². The van der Waals surface area contributed by atoms with E-state index >= 15 is 0 Å². The molecule has 1 unspecified atom stereocenters. The molecule has 1 aliphatic rings. The first-order chi connectivity index (χ1) is 9.19. The van der Waals surface area contributed by atoms with Crippen molar-refractivity contribution in [3.05, 3.63) is 35.4 Å². The maximum atomic E-state index is 5.40. The van der Waals surface area contributed by atoms with Crippen LogP contribution in [0, 0.1) is 11.8 Å². The van der Waals surface area contributed by atoms with E-state index in [0.717, 1.165) is 18.7 Å². The molecule has 0 aliphatic carbocycles. The Morgan fingerprint density at radius 2 is 2.26 bits per heavy atom. The predicted molar refractivity (Wildman–Crippen MR) is 79.7 cm³/mol. The second-order valence-corrected chi connectivity index (χ2v) is 5.35. The summed E-state index contributed by atoms with van der Waals surface area (Å²) in [6.07, 6.45) is 1.26. The molecule has 0 amide bonds. The van der Waals surface area contributed by atoms with Gasteiger partial charge in [0, 0.05) is 31.2 Å². The second kappa shape index (κ2) is 6.72. The number of benzene rings is 1. The Balaban J connectivity index is 1.96. The van der Waals surface area contributed by atoms with Crippen LogP contribution in [0.4, 0.5) is 0 Å². The van der Waals surface area contributed by atoms with Gasteiger partial charge in [0.25, 0.3) is 0 Å². The highest BCUT2D eigenvalue weighted by Crippen LogP contribution is 2.16. The zero-order valence-corrected chi connectivity index (χ0v) is 11.9. The molecule has 2 rings (SSSR count). The number of likely N-dealkylation sites (tertiary alicyclic amines) is 1. The summed E-state index contributed by atoms with van der Waals surface area (Å²) in [5, 5.41) is 0. The highest BCUT2D eigenvalue weighted by molar-refractivity contribution is 5.37. The Morgan fingerprint density at radius 3 is 2.95 bits per heavy atom. The number of nitrogens with zero attached hydrogens (tertiary/aromatic N) is 2. The molecule has 102 valence electrons. The average molecular weight is 257 g/mol. The first-order valence-electron chi connectivity index (χ1n) is 6.85. The summed E-state index contributed by atoms with van der Waals surface area (Å²) < 4.78 is 0. The fourth-order valence-corrected chi connectivity index (χ4v) is 2.54. The van der Waals surface area contributed by atoms with Gasteiger partial charge >= 0.3 is 0 Å². The van der Waals surface area contributed by atoms with Crippen molar-refractivity contribution in [2.45, 2.75) is 19.0 Å². The number of rotatable bonds is 3. The molecule has 1 aromatic carbocycles. The third kappa shape index (κ3) is 4.07. The molecule has 0 saturated carbocycles. The third-order valence-corrected chi connectivity index (χ3v) is 3.65. The zero-order chi connectivity index (χ0) is 13.7. The highest BCUT2D eigenvalue weighted by Gasteiger charge is 2.23. The lowest BCUT2D eigenvalue weighted by molar-refractivity contribution is 0.264. The van der Waals surface area contributed by atoms with Crippen molar-refractivity contribution >= 4 is 0 Å². The molecule has 1 aromatic rings. The maximum Gasteiger partial charge on any atom is 0.0555 e. The zero-order valence-electron chi connectivity index (χ0n) is 11.9. The normalized spacial score (nSPS) is 19.5. The van der Waals surface area contributed by atoms with Gasteiger partial charge in [-0.2, -0.15) is 0 Å². The van der Waals surface area contributed by atoms with Crippen LogP contribution in [0.25, 0.3) is 0 Å². The Bertz CT molecular complexity index is 470. The average Bonchev–Trinajstić information content (AvgIpc) is 2.85. The van der Waals surface area contributed by atoms with Gasteiger partial charge in [0.05, 0.1) is 6.54 Å². The van der Waals surface area contributed by atoms with Crippen LogP contribution in [0.3, 0.4) is 0 Å². The summed E-state index contributed by atoms with van der Waals surface area (Å²) in [5.41, 5.74) is 7.80. The fraction of sp³-hybridized carbons (Fsp3) is 0.500. The standard InChI is InChI=1S/C16H23N3/c1-18(2)16-8-10-19(13-16)12-15-6-3-5-14(11-15)7-4-9-17/h3,5-6,11,16H,8-10,12-13,17H2,1-2H3. The van der Waals surface area contributed by atoms with E-state index in [-0.39, 0.29) is 0 Å². The minimum Gasteiger partial charge on any atom is -0.320 e. The van der Waals surface area contributed by atoms with Crippen LogP contribution >= 0.6 is 0 Å². The van der Waals surface area contributed by atoms with Crippen molar-refractivity contribution < 1.29 is 0 Å². The molecule has 1 aliphatic heterocycles. The van der Waals surface area contributed by atoms with Crippen LogP contribution in [0.2, 0.25) is 0 Å². The van der Waals surface area contributed by atoms with E-state index in [2.05, 4.69) is 53.9 Å². The quantitative estimate of drug-likeness (QED) is 0.824. The molecule has 0 radical (unpaired) electrons. The molecular weight excluding hydrogens is 234 g/mol. The van der Waals surface area contributed by atoms with Crippen LogP contribution < -0.4 is 5.73 Å². The van der Waals surface area contributed by atoms with E-state index in [1.54, 1.807) is 0 Å². The lowest BCUT2D eigenvalue weighted by Crippen LogP contribution is -2.31. The van der Waals surface area contributed by atoms with Crippen molar-refractivity contribution in [1.82, 2.24) is 9.80 Å². The molecule has 19 heavy (non-hydrogen) atoms. The SMILES string of the molecule is CN(C)C1CCN(Cc2cccc(C#CCN)c2)C1. The van der Waals surface area contributed by atoms with E-state index < -0.39 is 0 Å². The van der Waals surface area contributed by atoms with Crippen molar-refractivity contribution in [1.29, 1.82) is 0 Å². The van der Waals surface area contributed by atoms with E-state index in [4.69, 9.17) is 5.73 Å². The first kappa shape index (κ1) is 14.1. The number of hydrogen-bond acceptors (Lipinski definition) is 3. The molecule has 1 fully saturated rings. The van der Waals surface area contributed by atoms with Gasteiger partial charge in [0.2, 0.25) is 0 Å². The molecule has 2 N–H and O–H groups in total. The van der Waals surface area contributed by atoms with Gasteiger partial charge in [-0.1, -0.05) is 24.0 Å². The highest BCUT2D eigenvalue weighted by atomic mass is 15.2. The second-order valence-electron chi connectivity index (χ2n) is 5.35. The lowest BCUT2D eigenvalue weighted by Gasteiger charge is -2.20. The molecule has 1 saturated heterocycles. The van der Waals surface area contributed by atoms with E-state index in [9.17, 15) is 0 Å². The van der Waals surface area contributed by atoms with Gasteiger partial charge in [-0.05, 0) is 38.2 Å². The van der Waals surface area contributed by atoms with Gasteiger partial charge in [-0.25, -0.2) is 0 Å². The van der Waals surface area contributed by atoms with Crippen molar-refractivity contribution in [3.8, 4) is 11.8 Å². The Kier molecular flexibility index (Phi) is 4.98. The monoisotopic (exact) mass is 257 g/mol. The molecule has 3 heteroatoms. The largest absolute Gasteiger partial charge is 0.320 e. The van der Waals surface area contributed by atoms with Crippen molar-refractivity contribution in [2.75, 3.05) is 33.7 Å². The summed E-state index contributed by atoms with van der Waals surface area (Å²) in [5.74, 6) is 6.00. The molecule has 3 nitrogen and oxygen atoms in total. The van der Waals surface area contributed by atoms with Crippen LogP contribution in [0.15, 0.2) is 24.3 Å². The van der Waals surface area contributed by atoms with Gasteiger partial charge < -0.3 is 10.6 Å². The van der Waals surface area contributed by atoms with E-state index in [0.29, 0.717) is 12.6 Å². The van der Waals surface area contributed by atoms with Crippen LogP contribution in [-0.4, -0.2) is 49.6 Å². The van der Waals surface area contributed by atoms with E-state index in [1.165, 1.54) is 18.5 Å². The first-order valence-corrected chi connectivity index (χ1v) is 6.85. The van der Waals surface area contributed by atoms with Gasteiger partial charge in [-0.3, -0.25) is 4.90 Å². The molecular formula is C16H23N3. The summed E-state index contributed by atoms with van der Waals surface area (Å²) in [6.45, 7) is 3.77. The third-order valence-electron chi connectivity index (χ3n) is 3.65. The van der Waals surface area contributed by atoms with Gasteiger partial charge in [0.1, 0.15) is 0 Å². The maximum absolute atomic E-state index is 5.40. The van der Waals surface area contributed by atoms with Gasteiger partial charge in [0.15, 0.2) is 0 Å². The Labute approximate surface area is 116 Å². The number of nitrogens with two attached hydrogens (primary N) is 1. The summed E-state index contributed by atoms with van der Waals surface area (Å²) >= 11 is 0. The Hall–Kier alpha value is -1.34. The fourth-order valence-electron chi connectivity index (χ4n) is 2.54. The predicted octanol–water partition coefficient (Wildman–Crippen LogP) is 1.13. The van der Waals surface area contributed by atoms with E-state index in [1.807, 2.05) is 6.07 Å². The Morgan fingerprint density at radius 1 is 1.42 bits per heavy atom. The topological polar surface area (TPSA) is 32.5 Å². The van der Waals surface area contributed by atoms with Crippen molar-refractivity contribution in [3.63, 3.8) is 0 Å². The molecule has 0 bridgehead atoms. The summed E-state index contributed by atoms with van der Waals surface area (Å²) in [7, 11) is 4.33. The van der Waals surface area contributed by atoms with Crippen LogP contribution in [0.5, 0.6) is 0 Å². The smallest absolute Gasteiger partial charge is 0.0555 e. The number of likely N-dealkylation sites (N-methyl/N-ethyl adjacent to an activating group) is 1. The lowest BCUT2D eigenvalue weighted by atomic mass is 10.1. The minimum atomic E-state index is 0.418. The van der Waals surface area contributed by atoms with Gasteiger partial charge in [-0.15, -0.1) is 0 Å². The molecule has 1 heterocycles. The molecule has 0 aromatic heterocycles. The molecule has 0 spiro atoms. The molecule has 1 atom stereocenters. The summed E-state index contributed by atoms with van der Waals surface area (Å²) in [6, 6.07) is 9.16. The number of hydrogen-bond donors (Lipinski definition) is 1.